The molecule has 5 nitrogen and oxygen atoms in total. The second-order valence-electron chi connectivity index (χ2n) is 4.70. The van der Waals surface area contributed by atoms with Crippen LogP contribution in [0.25, 0.3) is 0 Å². The molecule has 0 unspecified atom stereocenters. The Labute approximate surface area is 125 Å². The maximum Gasteiger partial charge on any atom is 0.249 e. The van der Waals surface area contributed by atoms with Crippen LogP contribution in [-0.4, -0.2) is 26.4 Å². The number of halogens is 1. The van der Waals surface area contributed by atoms with E-state index >= 15 is 0 Å². The van der Waals surface area contributed by atoms with Gasteiger partial charge in [-0.2, -0.15) is 10.2 Å². The fourth-order valence-corrected chi connectivity index (χ4v) is 2.35. The molecule has 1 aromatic carbocycles. The van der Waals surface area contributed by atoms with Crippen molar-refractivity contribution < 1.29 is 4.79 Å². The summed E-state index contributed by atoms with van der Waals surface area (Å²) < 4.78 is 2.73. The molecule has 0 saturated carbocycles. The number of hydrogen-bond donors (Lipinski definition) is 0. The van der Waals surface area contributed by atoms with E-state index in [-0.39, 0.29) is 5.91 Å². The molecule has 1 aromatic heterocycles. The molecule has 1 amide bonds. The molecular formula is C14H13BrN4O. The molecule has 20 heavy (non-hydrogen) atoms. The summed E-state index contributed by atoms with van der Waals surface area (Å²) in [5.74, 6) is 0.0202. The van der Waals surface area contributed by atoms with Crippen LogP contribution in [0.1, 0.15) is 17.5 Å². The number of carbonyl (C=O) groups is 1. The monoisotopic (exact) mass is 332 g/mol. The Balaban J connectivity index is 1.78. The first-order valence-corrected chi connectivity index (χ1v) is 7.02. The van der Waals surface area contributed by atoms with Gasteiger partial charge in [0.2, 0.25) is 5.91 Å². The normalized spacial score (nSPS) is 14.8. The largest absolute Gasteiger partial charge is 0.275 e. The van der Waals surface area contributed by atoms with Crippen LogP contribution in [-0.2, 0) is 18.4 Å². The predicted molar refractivity (Wildman–Crippen MR) is 79.1 cm³/mol. The van der Waals surface area contributed by atoms with E-state index in [0.717, 1.165) is 21.3 Å². The molecule has 2 heterocycles. The highest BCUT2D eigenvalue weighted by atomic mass is 79.9. The zero-order valence-electron chi connectivity index (χ0n) is 11.0. The van der Waals surface area contributed by atoms with Crippen molar-refractivity contribution in [2.45, 2.75) is 13.0 Å². The molecule has 0 radical (unpaired) electrons. The van der Waals surface area contributed by atoms with E-state index in [1.54, 1.807) is 10.9 Å². The molecule has 1 aliphatic heterocycles. The molecule has 1 aliphatic rings. The van der Waals surface area contributed by atoms with E-state index in [9.17, 15) is 4.79 Å². The third-order valence-electron chi connectivity index (χ3n) is 3.13. The summed E-state index contributed by atoms with van der Waals surface area (Å²) in [6.07, 6.45) is 3.94. The van der Waals surface area contributed by atoms with Gasteiger partial charge in [-0.15, -0.1) is 0 Å². The predicted octanol–water partition coefficient (Wildman–Crippen LogP) is 2.32. The van der Waals surface area contributed by atoms with Crippen LogP contribution in [0, 0.1) is 0 Å². The third kappa shape index (κ3) is 2.65. The van der Waals surface area contributed by atoms with Crippen molar-refractivity contribution in [3.05, 3.63) is 52.3 Å². The molecule has 0 aliphatic carbocycles. The van der Waals surface area contributed by atoms with Gasteiger partial charge in [0.25, 0.3) is 0 Å². The quantitative estimate of drug-likeness (QED) is 0.866. The van der Waals surface area contributed by atoms with Gasteiger partial charge in [0.05, 0.1) is 24.9 Å². The van der Waals surface area contributed by atoms with Crippen molar-refractivity contribution in [1.29, 1.82) is 0 Å². The highest BCUT2D eigenvalue weighted by Crippen LogP contribution is 2.18. The molecule has 0 bridgehead atoms. The minimum atomic E-state index is 0.0202. The molecule has 3 rings (SSSR count). The Kier molecular flexibility index (Phi) is 3.40. The topological polar surface area (TPSA) is 50.5 Å². The Morgan fingerprint density at radius 1 is 1.30 bits per heavy atom. The summed E-state index contributed by atoms with van der Waals surface area (Å²) in [5.41, 5.74) is 2.73. The standard InChI is InChI=1S/C14H13BrN4O/c1-18-9-11(7-16-18)13-6-14(20)19(17-13)8-10-2-4-12(15)5-3-10/h2-5,7,9H,6,8H2,1H3. The molecule has 0 fully saturated rings. The van der Waals surface area contributed by atoms with E-state index < -0.39 is 0 Å². The van der Waals surface area contributed by atoms with E-state index in [1.807, 2.05) is 37.5 Å². The van der Waals surface area contributed by atoms with Gasteiger partial charge in [-0.05, 0) is 17.7 Å². The maximum absolute atomic E-state index is 12.0. The maximum atomic E-state index is 12.0. The van der Waals surface area contributed by atoms with Gasteiger partial charge in [0, 0.05) is 23.3 Å². The molecular weight excluding hydrogens is 320 g/mol. The first-order chi connectivity index (χ1) is 9.61. The van der Waals surface area contributed by atoms with Crippen LogP contribution in [0.4, 0.5) is 0 Å². The highest BCUT2D eigenvalue weighted by Gasteiger charge is 2.25. The second-order valence-corrected chi connectivity index (χ2v) is 5.62. The highest BCUT2D eigenvalue weighted by molar-refractivity contribution is 9.10. The SMILES string of the molecule is Cn1cc(C2=NN(Cc3ccc(Br)cc3)C(=O)C2)cn1. The summed E-state index contributed by atoms with van der Waals surface area (Å²) >= 11 is 3.40. The molecule has 2 aromatic rings. The summed E-state index contributed by atoms with van der Waals surface area (Å²) in [4.78, 5) is 12.0. The van der Waals surface area contributed by atoms with Crippen molar-refractivity contribution in [2.24, 2.45) is 12.1 Å². The number of benzene rings is 1. The van der Waals surface area contributed by atoms with E-state index in [1.165, 1.54) is 5.01 Å². The average molecular weight is 333 g/mol. The van der Waals surface area contributed by atoms with E-state index in [4.69, 9.17) is 0 Å². The fourth-order valence-electron chi connectivity index (χ4n) is 2.09. The van der Waals surface area contributed by atoms with Gasteiger partial charge in [0.15, 0.2) is 0 Å². The zero-order chi connectivity index (χ0) is 14.1. The molecule has 0 N–H and O–H groups in total. The zero-order valence-corrected chi connectivity index (χ0v) is 12.5. The third-order valence-corrected chi connectivity index (χ3v) is 3.66. The van der Waals surface area contributed by atoms with Gasteiger partial charge >= 0.3 is 0 Å². The first-order valence-electron chi connectivity index (χ1n) is 6.23. The summed E-state index contributed by atoms with van der Waals surface area (Å²) in [6, 6.07) is 7.88. The van der Waals surface area contributed by atoms with Crippen molar-refractivity contribution in [3.8, 4) is 0 Å². The van der Waals surface area contributed by atoms with Gasteiger partial charge in [0.1, 0.15) is 0 Å². The number of aromatic nitrogens is 2. The summed E-state index contributed by atoms with van der Waals surface area (Å²) in [6.45, 7) is 0.496. The number of rotatable bonds is 3. The van der Waals surface area contributed by atoms with Gasteiger partial charge in [-0.1, -0.05) is 28.1 Å². The lowest BCUT2D eigenvalue weighted by molar-refractivity contribution is -0.129. The summed E-state index contributed by atoms with van der Waals surface area (Å²) in [5, 5.41) is 10.0. The number of carbonyl (C=O) groups excluding carboxylic acids is 1. The van der Waals surface area contributed by atoms with Crippen LogP contribution in [0.5, 0.6) is 0 Å². The van der Waals surface area contributed by atoms with Crippen molar-refractivity contribution in [2.75, 3.05) is 0 Å². The van der Waals surface area contributed by atoms with Gasteiger partial charge < -0.3 is 0 Å². The Hall–Kier alpha value is -1.95. The van der Waals surface area contributed by atoms with Crippen molar-refractivity contribution >= 4 is 27.5 Å². The molecule has 102 valence electrons. The fraction of sp³-hybridized carbons (Fsp3) is 0.214. The number of hydrogen-bond acceptors (Lipinski definition) is 3. The van der Waals surface area contributed by atoms with E-state index in [0.29, 0.717) is 13.0 Å². The number of hydrazone groups is 1. The molecule has 0 saturated heterocycles. The van der Waals surface area contributed by atoms with Crippen LogP contribution < -0.4 is 0 Å². The van der Waals surface area contributed by atoms with E-state index in [2.05, 4.69) is 26.1 Å². The Morgan fingerprint density at radius 3 is 2.70 bits per heavy atom. The molecule has 6 heteroatoms. The van der Waals surface area contributed by atoms with Crippen molar-refractivity contribution in [3.63, 3.8) is 0 Å². The number of aryl methyl sites for hydroxylation is 1. The Bertz CT molecular complexity index is 675. The Morgan fingerprint density at radius 2 is 2.05 bits per heavy atom. The van der Waals surface area contributed by atoms with Crippen LogP contribution >= 0.6 is 15.9 Å². The lowest BCUT2D eigenvalue weighted by atomic mass is 10.1. The minimum absolute atomic E-state index is 0.0202. The van der Waals surface area contributed by atoms with Crippen LogP contribution in [0.3, 0.4) is 0 Å². The first kappa shape index (κ1) is 13.1. The van der Waals surface area contributed by atoms with Crippen LogP contribution in [0.15, 0.2) is 46.2 Å². The lowest BCUT2D eigenvalue weighted by Gasteiger charge is -2.11. The number of nitrogens with zero attached hydrogens (tertiary/aromatic N) is 4. The summed E-state index contributed by atoms with van der Waals surface area (Å²) in [7, 11) is 1.85. The number of amides is 1. The van der Waals surface area contributed by atoms with Gasteiger partial charge in [-0.3, -0.25) is 9.48 Å². The van der Waals surface area contributed by atoms with Crippen molar-refractivity contribution in [1.82, 2.24) is 14.8 Å². The van der Waals surface area contributed by atoms with Crippen LogP contribution in [0.2, 0.25) is 0 Å². The smallest absolute Gasteiger partial charge is 0.249 e. The minimum Gasteiger partial charge on any atom is -0.275 e. The molecule has 0 spiro atoms. The average Bonchev–Trinajstić information content (AvgIpc) is 3.00. The second kappa shape index (κ2) is 5.20. The molecule has 0 atom stereocenters. The van der Waals surface area contributed by atoms with Gasteiger partial charge in [-0.25, -0.2) is 5.01 Å². The lowest BCUT2D eigenvalue weighted by Crippen LogP contribution is -2.19.